The number of nitrogens with zero attached hydrogens (tertiary/aromatic N) is 4. The van der Waals surface area contributed by atoms with E-state index in [2.05, 4.69) is 9.97 Å². The lowest BCUT2D eigenvalue weighted by atomic mass is 10.2. The number of anilines is 2. The van der Waals surface area contributed by atoms with E-state index in [-0.39, 0.29) is 8.41 Å². The molecule has 0 spiro atoms. The smallest absolute Gasteiger partial charge is 0.163 e. The summed E-state index contributed by atoms with van der Waals surface area (Å²) in [6.07, 6.45) is 0. The Morgan fingerprint density at radius 2 is 1.26 bits per heavy atom. The third-order valence-corrected chi connectivity index (χ3v) is 2.65. The summed E-state index contributed by atoms with van der Waals surface area (Å²) >= 11 is 0. The van der Waals surface area contributed by atoms with Gasteiger partial charge in [-0.15, -0.1) is 0 Å². The Hall–Kier alpha value is -2.04. The Labute approximate surface area is 116 Å². The summed E-state index contributed by atoms with van der Waals surface area (Å²) in [5, 5.41) is 0. The van der Waals surface area contributed by atoms with Crippen LogP contribution in [0.4, 0.5) is 11.6 Å². The van der Waals surface area contributed by atoms with Crippen molar-refractivity contribution in [2.75, 3.05) is 38.0 Å². The van der Waals surface area contributed by atoms with Gasteiger partial charge in [0.25, 0.3) is 0 Å². The molecule has 2 rings (SSSR count). The molecule has 2 aromatic rings. The standard InChI is InChI=1S/C14H18N4.B/c1-17(2)12-10-13(18(3)4)16-14(15-12)11-8-6-5-7-9-11;/h5-10H,1-4H3;. The van der Waals surface area contributed by atoms with Crippen LogP contribution in [0.1, 0.15) is 0 Å². The van der Waals surface area contributed by atoms with Gasteiger partial charge in [-0.1, -0.05) is 30.3 Å². The van der Waals surface area contributed by atoms with Gasteiger partial charge in [-0.2, -0.15) is 0 Å². The fourth-order valence-electron chi connectivity index (χ4n) is 1.60. The molecule has 3 radical (unpaired) electrons. The van der Waals surface area contributed by atoms with Gasteiger partial charge < -0.3 is 9.80 Å². The van der Waals surface area contributed by atoms with Crippen molar-refractivity contribution in [3.8, 4) is 11.4 Å². The minimum atomic E-state index is 0. The lowest BCUT2D eigenvalue weighted by Crippen LogP contribution is -2.16. The molecular formula is C14H18BN4. The summed E-state index contributed by atoms with van der Waals surface area (Å²) < 4.78 is 0. The molecule has 1 aromatic heterocycles. The summed E-state index contributed by atoms with van der Waals surface area (Å²) in [6, 6.07) is 12.0. The molecule has 0 bridgehead atoms. The van der Waals surface area contributed by atoms with E-state index < -0.39 is 0 Å². The highest BCUT2D eigenvalue weighted by molar-refractivity contribution is 5.75. The van der Waals surface area contributed by atoms with E-state index in [4.69, 9.17) is 0 Å². The third kappa shape index (κ3) is 3.47. The fraction of sp³-hybridized carbons (Fsp3) is 0.286. The van der Waals surface area contributed by atoms with E-state index in [1.54, 1.807) is 0 Å². The number of hydrogen-bond donors (Lipinski definition) is 0. The monoisotopic (exact) mass is 253 g/mol. The van der Waals surface area contributed by atoms with Gasteiger partial charge in [-0.3, -0.25) is 0 Å². The first kappa shape index (κ1) is 15.0. The number of benzene rings is 1. The largest absolute Gasteiger partial charge is 0.363 e. The van der Waals surface area contributed by atoms with E-state index in [0.717, 1.165) is 23.0 Å². The number of rotatable bonds is 3. The van der Waals surface area contributed by atoms with Crippen molar-refractivity contribution in [1.29, 1.82) is 0 Å². The van der Waals surface area contributed by atoms with Gasteiger partial charge in [0.2, 0.25) is 0 Å². The second-order valence-corrected chi connectivity index (χ2v) is 4.56. The first-order chi connectivity index (χ1) is 8.58. The van der Waals surface area contributed by atoms with E-state index in [1.807, 2.05) is 74.4 Å². The average Bonchev–Trinajstić information content (AvgIpc) is 2.39. The van der Waals surface area contributed by atoms with Crippen LogP contribution in [-0.4, -0.2) is 46.6 Å². The van der Waals surface area contributed by atoms with Crippen LogP contribution in [0.3, 0.4) is 0 Å². The molecule has 0 unspecified atom stereocenters. The van der Waals surface area contributed by atoms with Crippen molar-refractivity contribution >= 4 is 20.0 Å². The van der Waals surface area contributed by atoms with Crippen molar-refractivity contribution in [1.82, 2.24) is 9.97 Å². The predicted molar refractivity (Wildman–Crippen MR) is 81.9 cm³/mol. The molecule has 5 heteroatoms. The predicted octanol–water partition coefficient (Wildman–Crippen LogP) is 1.89. The summed E-state index contributed by atoms with van der Waals surface area (Å²) in [5.41, 5.74) is 1.03. The molecule has 0 aliphatic carbocycles. The normalized spacial score (nSPS) is 9.68. The summed E-state index contributed by atoms with van der Waals surface area (Å²) in [5.74, 6) is 2.57. The third-order valence-electron chi connectivity index (χ3n) is 2.65. The van der Waals surface area contributed by atoms with Gasteiger partial charge in [0, 0.05) is 48.2 Å². The van der Waals surface area contributed by atoms with Crippen LogP contribution in [0.25, 0.3) is 11.4 Å². The van der Waals surface area contributed by atoms with Crippen LogP contribution < -0.4 is 9.80 Å². The van der Waals surface area contributed by atoms with Crippen LogP contribution in [0.5, 0.6) is 0 Å². The summed E-state index contributed by atoms with van der Waals surface area (Å²) in [6.45, 7) is 0. The molecule has 0 fully saturated rings. The molecule has 0 amide bonds. The topological polar surface area (TPSA) is 32.3 Å². The minimum Gasteiger partial charge on any atom is -0.363 e. The molecular weight excluding hydrogens is 235 g/mol. The van der Waals surface area contributed by atoms with E-state index in [0.29, 0.717) is 0 Å². The highest BCUT2D eigenvalue weighted by atomic mass is 15.2. The SMILES string of the molecule is CN(C)c1cc(N(C)C)nc(-c2ccccc2)n1.[B]. The molecule has 19 heavy (non-hydrogen) atoms. The molecule has 0 saturated carbocycles. The average molecular weight is 253 g/mol. The lowest BCUT2D eigenvalue weighted by Gasteiger charge is -2.17. The Morgan fingerprint density at radius 1 is 0.789 bits per heavy atom. The molecule has 0 N–H and O–H groups in total. The number of hydrogen-bond acceptors (Lipinski definition) is 4. The molecule has 97 valence electrons. The van der Waals surface area contributed by atoms with Crippen LogP contribution in [0, 0.1) is 0 Å². The van der Waals surface area contributed by atoms with E-state index in [9.17, 15) is 0 Å². The van der Waals surface area contributed by atoms with Crippen LogP contribution in [0.2, 0.25) is 0 Å². The molecule has 4 nitrogen and oxygen atoms in total. The Bertz CT molecular complexity index is 500. The van der Waals surface area contributed by atoms with Gasteiger partial charge in [0.15, 0.2) is 5.82 Å². The van der Waals surface area contributed by atoms with Crippen molar-refractivity contribution in [2.24, 2.45) is 0 Å². The highest BCUT2D eigenvalue weighted by Gasteiger charge is 2.09. The number of aromatic nitrogens is 2. The maximum atomic E-state index is 4.57. The minimum absolute atomic E-state index is 0. The molecule has 1 aromatic carbocycles. The molecule has 0 saturated heterocycles. The molecule has 1 heterocycles. The van der Waals surface area contributed by atoms with Crippen molar-refractivity contribution in [3.05, 3.63) is 36.4 Å². The maximum Gasteiger partial charge on any atom is 0.163 e. The molecule has 0 aliphatic heterocycles. The first-order valence-corrected chi connectivity index (χ1v) is 5.87. The zero-order valence-electron chi connectivity index (χ0n) is 11.8. The Kier molecular flexibility index (Phi) is 4.92. The van der Waals surface area contributed by atoms with Gasteiger partial charge in [-0.25, -0.2) is 9.97 Å². The first-order valence-electron chi connectivity index (χ1n) is 5.87. The lowest BCUT2D eigenvalue weighted by molar-refractivity contribution is 1.00. The van der Waals surface area contributed by atoms with Gasteiger partial charge >= 0.3 is 0 Å². The van der Waals surface area contributed by atoms with Crippen LogP contribution in [-0.2, 0) is 0 Å². The van der Waals surface area contributed by atoms with Gasteiger partial charge in [0.1, 0.15) is 11.6 Å². The van der Waals surface area contributed by atoms with E-state index >= 15 is 0 Å². The quantitative estimate of drug-likeness (QED) is 0.782. The van der Waals surface area contributed by atoms with E-state index in [1.165, 1.54) is 0 Å². The second kappa shape index (κ2) is 6.23. The zero-order valence-corrected chi connectivity index (χ0v) is 11.8. The molecule has 0 aliphatic rings. The van der Waals surface area contributed by atoms with Crippen molar-refractivity contribution in [3.63, 3.8) is 0 Å². The van der Waals surface area contributed by atoms with Crippen LogP contribution in [0.15, 0.2) is 36.4 Å². The molecule has 0 atom stereocenters. The van der Waals surface area contributed by atoms with Gasteiger partial charge in [0.05, 0.1) is 0 Å². The van der Waals surface area contributed by atoms with Crippen molar-refractivity contribution < 1.29 is 0 Å². The van der Waals surface area contributed by atoms with Crippen LogP contribution >= 0.6 is 0 Å². The summed E-state index contributed by atoms with van der Waals surface area (Å²) in [7, 11) is 7.93. The maximum absolute atomic E-state index is 4.57. The van der Waals surface area contributed by atoms with Crippen molar-refractivity contribution in [2.45, 2.75) is 0 Å². The zero-order chi connectivity index (χ0) is 13.1. The Balaban J connectivity index is 0.00000180. The summed E-state index contributed by atoms with van der Waals surface area (Å²) in [4.78, 5) is 13.1. The Morgan fingerprint density at radius 3 is 1.68 bits per heavy atom. The highest BCUT2D eigenvalue weighted by Crippen LogP contribution is 2.22. The van der Waals surface area contributed by atoms with Gasteiger partial charge in [-0.05, 0) is 0 Å². The fourth-order valence-corrected chi connectivity index (χ4v) is 1.60. The second-order valence-electron chi connectivity index (χ2n) is 4.56.